The predicted octanol–water partition coefficient (Wildman–Crippen LogP) is 6.08. The standard InChI is InChI=1S/C28H30N4OS/c1-20-9-15-24(16-10-20)30-27(33)23-13-11-21(12-14-23)18-32-26-25(8-5-17-29-26)31-28(32)34-19-22-6-3-2-4-7-22/h2-8,11-14,17,20,24H,9-10,15-16,18-19H2,1H3,(H,30,33). The maximum absolute atomic E-state index is 12.7. The molecule has 34 heavy (non-hydrogen) atoms. The molecule has 174 valence electrons. The number of carbonyl (C=O) groups is 1. The maximum atomic E-state index is 12.7. The number of nitrogens with one attached hydrogen (secondary N) is 1. The van der Waals surface area contributed by atoms with Crippen LogP contribution in [0.3, 0.4) is 0 Å². The van der Waals surface area contributed by atoms with E-state index in [0.717, 1.165) is 52.0 Å². The first-order valence-corrected chi connectivity index (χ1v) is 13.0. The SMILES string of the molecule is CC1CCC(NC(=O)c2ccc(Cn3c(SCc4ccccc4)nc4cccnc43)cc2)CC1. The predicted molar refractivity (Wildman–Crippen MR) is 138 cm³/mol. The molecule has 0 unspecified atom stereocenters. The van der Waals surface area contributed by atoms with Crippen molar-refractivity contribution >= 4 is 28.8 Å². The lowest BCUT2D eigenvalue weighted by atomic mass is 9.87. The molecule has 0 bridgehead atoms. The Bertz CT molecular complexity index is 1240. The summed E-state index contributed by atoms with van der Waals surface area (Å²) in [5.41, 5.74) is 4.88. The van der Waals surface area contributed by atoms with Gasteiger partial charge in [0.15, 0.2) is 10.8 Å². The van der Waals surface area contributed by atoms with E-state index in [4.69, 9.17) is 4.98 Å². The van der Waals surface area contributed by atoms with E-state index in [1.165, 1.54) is 18.4 Å². The first-order valence-electron chi connectivity index (χ1n) is 12.0. The second-order valence-electron chi connectivity index (χ2n) is 9.23. The first kappa shape index (κ1) is 22.7. The lowest BCUT2D eigenvalue weighted by Crippen LogP contribution is -2.37. The summed E-state index contributed by atoms with van der Waals surface area (Å²) >= 11 is 1.72. The van der Waals surface area contributed by atoms with Gasteiger partial charge in [0.05, 0.1) is 6.54 Å². The van der Waals surface area contributed by atoms with Gasteiger partial charge in [0.1, 0.15) is 5.52 Å². The molecule has 2 aromatic heterocycles. The summed E-state index contributed by atoms with van der Waals surface area (Å²) in [6, 6.07) is 22.6. The Morgan fingerprint density at radius 1 is 0.971 bits per heavy atom. The minimum atomic E-state index is 0.0277. The monoisotopic (exact) mass is 470 g/mol. The molecule has 1 aliphatic carbocycles. The molecule has 0 saturated heterocycles. The molecular formula is C28H30N4OS. The van der Waals surface area contributed by atoms with E-state index in [1.807, 2.05) is 48.7 Å². The Morgan fingerprint density at radius 3 is 2.50 bits per heavy atom. The maximum Gasteiger partial charge on any atom is 0.251 e. The molecule has 1 fully saturated rings. The lowest BCUT2D eigenvalue weighted by molar-refractivity contribution is 0.0923. The number of fused-ring (bicyclic) bond motifs is 1. The molecule has 1 saturated carbocycles. The molecular weight excluding hydrogens is 440 g/mol. The quantitative estimate of drug-likeness (QED) is 0.333. The fraction of sp³-hybridized carbons (Fsp3) is 0.321. The van der Waals surface area contributed by atoms with Gasteiger partial charge in [0.25, 0.3) is 5.91 Å². The number of pyridine rings is 1. The van der Waals surface area contributed by atoms with Gasteiger partial charge in [-0.05, 0) is 67.0 Å². The van der Waals surface area contributed by atoms with Crippen LogP contribution in [-0.4, -0.2) is 26.5 Å². The van der Waals surface area contributed by atoms with Crippen molar-refractivity contribution in [2.45, 2.75) is 56.1 Å². The zero-order chi connectivity index (χ0) is 23.3. The van der Waals surface area contributed by atoms with Crippen molar-refractivity contribution in [3.8, 4) is 0 Å². The van der Waals surface area contributed by atoms with E-state index in [0.29, 0.717) is 12.6 Å². The summed E-state index contributed by atoms with van der Waals surface area (Å²) in [4.78, 5) is 22.2. The van der Waals surface area contributed by atoms with Crippen LogP contribution in [0, 0.1) is 5.92 Å². The van der Waals surface area contributed by atoms with Crippen molar-refractivity contribution < 1.29 is 4.79 Å². The average molecular weight is 471 g/mol. The van der Waals surface area contributed by atoms with Crippen LogP contribution in [0.5, 0.6) is 0 Å². The van der Waals surface area contributed by atoms with E-state index < -0.39 is 0 Å². The van der Waals surface area contributed by atoms with Crippen LogP contribution in [0.4, 0.5) is 0 Å². The largest absolute Gasteiger partial charge is 0.349 e. The number of amides is 1. The summed E-state index contributed by atoms with van der Waals surface area (Å²) in [5, 5.41) is 4.17. The third kappa shape index (κ3) is 5.33. The van der Waals surface area contributed by atoms with Crippen LogP contribution < -0.4 is 5.32 Å². The van der Waals surface area contributed by atoms with Crippen LogP contribution in [0.15, 0.2) is 78.1 Å². The third-order valence-electron chi connectivity index (χ3n) is 6.59. The van der Waals surface area contributed by atoms with Gasteiger partial charge in [0, 0.05) is 23.6 Å². The normalized spacial score (nSPS) is 18.1. The van der Waals surface area contributed by atoms with E-state index >= 15 is 0 Å². The van der Waals surface area contributed by atoms with Crippen molar-refractivity contribution in [2.75, 3.05) is 0 Å². The second-order valence-corrected chi connectivity index (χ2v) is 10.2. The highest BCUT2D eigenvalue weighted by atomic mass is 32.2. The minimum absolute atomic E-state index is 0.0277. The smallest absolute Gasteiger partial charge is 0.251 e. The van der Waals surface area contributed by atoms with Crippen LogP contribution in [-0.2, 0) is 12.3 Å². The summed E-state index contributed by atoms with van der Waals surface area (Å²) in [5.74, 6) is 1.65. The molecule has 1 aliphatic rings. The summed E-state index contributed by atoms with van der Waals surface area (Å²) in [6.07, 6.45) is 6.36. The molecule has 0 atom stereocenters. The molecule has 0 aliphatic heterocycles. The molecule has 6 heteroatoms. The molecule has 1 amide bonds. The second kappa shape index (κ2) is 10.4. The number of carbonyl (C=O) groups excluding carboxylic acids is 1. The Labute approximate surface area is 205 Å². The highest BCUT2D eigenvalue weighted by Gasteiger charge is 2.20. The van der Waals surface area contributed by atoms with Gasteiger partial charge in [-0.25, -0.2) is 9.97 Å². The molecule has 5 nitrogen and oxygen atoms in total. The summed E-state index contributed by atoms with van der Waals surface area (Å²) < 4.78 is 2.17. The highest BCUT2D eigenvalue weighted by Crippen LogP contribution is 2.27. The van der Waals surface area contributed by atoms with Gasteiger partial charge in [-0.2, -0.15) is 0 Å². The number of benzene rings is 2. The van der Waals surface area contributed by atoms with Crippen LogP contribution in [0.25, 0.3) is 11.2 Å². The number of thioether (sulfide) groups is 1. The highest BCUT2D eigenvalue weighted by molar-refractivity contribution is 7.98. The fourth-order valence-electron chi connectivity index (χ4n) is 4.53. The number of hydrogen-bond donors (Lipinski definition) is 1. The van der Waals surface area contributed by atoms with Gasteiger partial charge in [-0.3, -0.25) is 9.36 Å². The number of nitrogens with zero attached hydrogens (tertiary/aromatic N) is 3. The first-order chi connectivity index (χ1) is 16.7. The van der Waals surface area contributed by atoms with E-state index in [-0.39, 0.29) is 5.91 Å². The van der Waals surface area contributed by atoms with E-state index in [9.17, 15) is 4.79 Å². The molecule has 5 rings (SSSR count). The van der Waals surface area contributed by atoms with Crippen LogP contribution >= 0.6 is 11.8 Å². The van der Waals surface area contributed by atoms with Crippen LogP contribution in [0.1, 0.15) is 54.1 Å². The van der Waals surface area contributed by atoms with Crippen LogP contribution in [0.2, 0.25) is 0 Å². The van der Waals surface area contributed by atoms with E-state index in [1.54, 1.807) is 11.8 Å². The summed E-state index contributed by atoms with van der Waals surface area (Å²) in [6.45, 7) is 2.95. The van der Waals surface area contributed by atoms with Gasteiger partial charge in [0.2, 0.25) is 0 Å². The molecule has 4 aromatic rings. The van der Waals surface area contributed by atoms with Gasteiger partial charge in [-0.15, -0.1) is 0 Å². The number of aromatic nitrogens is 3. The number of hydrogen-bond acceptors (Lipinski definition) is 4. The minimum Gasteiger partial charge on any atom is -0.349 e. The topological polar surface area (TPSA) is 59.8 Å². The third-order valence-corrected chi connectivity index (χ3v) is 7.63. The van der Waals surface area contributed by atoms with Gasteiger partial charge in [-0.1, -0.05) is 61.2 Å². The van der Waals surface area contributed by atoms with Crippen molar-refractivity contribution in [3.05, 3.63) is 89.6 Å². The Morgan fingerprint density at radius 2 is 1.74 bits per heavy atom. The molecule has 0 radical (unpaired) electrons. The molecule has 2 heterocycles. The number of imidazole rings is 1. The molecule has 2 aromatic carbocycles. The van der Waals surface area contributed by atoms with Crippen molar-refractivity contribution in [3.63, 3.8) is 0 Å². The Hall–Kier alpha value is -3.12. The summed E-state index contributed by atoms with van der Waals surface area (Å²) in [7, 11) is 0. The molecule has 1 N–H and O–H groups in total. The molecule has 0 spiro atoms. The fourth-order valence-corrected chi connectivity index (χ4v) is 5.49. The van der Waals surface area contributed by atoms with Crippen molar-refractivity contribution in [2.24, 2.45) is 5.92 Å². The van der Waals surface area contributed by atoms with Gasteiger partial charge < -0.3 is 5.32 Å². The van der Waals surface area contributed by atoms with Gasteiger partial charge >= 0.3 is 0 Å². The lowest BCUT2D eigenvalue weighted by Gasteiger charge is -2.26. The van der Waals surface area contributed by atoms with E-state index in [2.05, 4.69) is 46.1 Å². The van der Waals surface area contributed by atoms with Crippen molar-refractivity contribution in [1.82, 2.24) is 19.9 Å². The average Bonchev–Trinajstić information content (AvgIpc) is 3.22. The zero-order valence-electron chi connectivity index (χ0n) is 19.5. The number of rotatable bonds is 7. The Kier molecular flexibility index (Phi) is 6.95. The Balaban J connectivity index is 1.30. The zero-order valence-corrected chi connectivity index (χ0v) is 20.3. The van der Waals surface area contributed by atoms with Crippen molar-refractivity contribution in [1.29, 1.82) is 0 Å².